The van der Waals surface area contributed by atoms with E-state index in [0.29, 0.717) is 0 Å². The molecule has 0 unspecified atom stereocenters. The molecule has 1 aliphatic rings. The van der Waals surface area contributed by atoms with Crippen LogP contribution in [0.15, 0.2) is 103 Å². The second-order valence-electron chi connectivity index (χ2n) is 9.43. The maximum absolute atomic E-state index is 2.40. The Bertz CT molecular complexity index is 1640. The first-order valence-corrected chi connectivity index (χ1v) is 11.3. The van der Waals surface area contributed by atoms with Gasteiger partial charge in [0.15, 0.2) is 0 Å². The van der Waals surface area contributed by atoms with E-state index in [1.807, 2.05) is 0 Å². The Balaban J connectivity index is 1.53. The van der Waals surface area contributed by atoms with E-state index in [9.17, 15) is 0 Å². The van der Waals surface area contributed by atoms with Gasteiger partial charge in [0.25, 0.3) is 0 Å². The van der Waals surface area contributed by atoms with E-state index in [-0.39, 0.29) is 5.41 Å². The summed E-state index contributed by atoms with van der Waals surface area (Å²) in [7, 11) is 0. The molecule has 5 aromatic carbocycles. The van der Waals surface area contributed by atoms with Gasteiger partial charge in [-0.1, -0.05) is 92.7 Å². The van der Waals surface area contributed by atoms with Gasteiger partial charge in [0, 0.05) is 21.9 Å². The molecule has 0 saturated carbocycles. The molecular formula is C31H23N. The van der Waals surface area contributed by atoms with Gasteiger partial charge in [0.2, 0.25) is 0 Å². The van der Waals surface area contributed by atoms with Crippen LogP contribution < -0.4 is 0 Å². The summed E-state index contributed by atoms with van der Waals surface area (Å²) in [5.74, 6) is 0. The molecule has 0 spiro atoms. The number of aromatic nitrogens is 1. The molecule has 1 heterocycles. The number of nitrogens with zero attached hydrogens (tertiary/aromatic N) is 1. The van der Waals surface area contributed by atoms with Gasteiger partial charge in [0.05, 0.1) is 11.0 Å². The summed E-state index contributed by atoms with van der Waals surface area (Å²) in [6.07, 6.45) is 0. The maximum atomic E-state index is 2.40. The van der Waals surface area contributed by atoms with E-state index < -0.39 is 0 Å². The first-order valence-electron chi connectivity index (χ1n) is 11.3. The molecule has 1 aliphatic carbocycles. The predicted molar refractivity (Wildman–Crippen MR) is 136 cm³/mol. The van der Waals surface area contributed by atoms with Crippen molar-refractivity contribution < 1.29 is 0 Å². The molecule has 0 N–H and O–H groups in total. The molecule has 32 heavy (non-hydrogen) atoms. The minimum Gasteiger partial charge on any atom is -0.309 e. The molecule has 6 aromatic rings. The number of hydrogen-bond acceptors (Lipinski definition) is 0. The Labute approximate surface area is 187 Å². The van der Waals surface area contributed by atoms with Gasteiger partial charge in [0.1, 0.15) is 0 Å². The molecule has 0 fully saturated rings. The largest absolute Gasteiger partial charge is 0.309 e. The van der Waals surface area contributed by atoms with Gasteiger partial charge in [-0.05, 0) is 57.3 Å². The second-order valence-corrected chi connectivity index (χ2v) is 9.43. The van der Waals surface area contributed by atoms with Gasteiger partial charge in [-0.3, -0.25) is 0 Å². The van der Waals surface area contributed by atoms with Crippen molar-refractivity contribution in [3.05, 3.63) is 114 Å². The number of hydrogen-bond donors (Lipinski definition) is 0. The Morgan fingerprint density at radius 1 is 0.562 bits per heavy atom. The lowest BCUT2D eigenvalue weighted by Crippen LogP contribution is -2.14. The molecule has 1 heteroatoms. The zero-order valence-corrected chi connectivity index (χ0v) is 18.3. The third kappa shape index (κ3) is 2.18. The summed E-state index contributed by atoms with van der Waals surface area (Å²) in [6, 6.07) is 37.9. The van der Waals surface area contributed by atoms with E-state index in [1.54, 1.807) is 0 Å². The lowest BCUT2D eigenvalue weighted by atomic mass is 9.82. The average molecular weight is 410 g/mol. The van der Waals surface area contributed by atoms with Crippen LogP contribution in [-0.2, 0) is 5.41 Å². The zero-order chi connectivity index (χ0) is 21.4. The molecule has 0 radical (unpaired) electrons. The van der Waals surface area contributed by atoms with Crippen LogP contribution in [0.25, 0.3) is 49.4 Å². The Hall–Kier alpha value is -3.84. The molecule has 0 amide bonds. The highest BCUT2D eigenvalue weighted by molar-refractivity contribution is 6.10. The lowest BCUT2D eigenvalue weighted by Gasteiger charge is -2.21. The predicted octanol–water partition coefficient (Wildman–Crippen LogP) is 8.24. The van der Waals surface area contributed by atoms with Crippen LogP contribution in [0.2, 0.25) is 0 Å². The van der Waals surface area contributed by atoms with Crippen LogP contribution in [0.5, 0.6) is 0 Å². The monoisotopic (exact) mass is 409 g/mol. The van der Waals surface area contributed by atoms with Crippen molar-refractivity contribution in [2.24, 2.45) is 0 Å². The Morgan fingerprint density at radius 2 is 1.22 bits per heavy atom. The number of para-hydroxylation sites is 2. The number of fused-ring (bicyclic) bond motifs is 8. The quantitative estimate of drug-likeness (QED) is 0.258. The van der Waals surface area contributed by atoms with E-state index in [1.165, 1.54) is 60.5 Å². The highest BCUT2D eigenvalue weighted by Crippen LogP contribution is 2.51. The van der Waals surface area contributed by atoms with E-state index in [4.69, 9.17) is 0 Å². The molecular weight excluding hydrogens is 386 g/mol. The molecule has 0 bridgehead atoms. The molecule has 0 aliphatic heterocycles. The van der Waals surface area contributed by atoms with Crippen LogP contribution in [0, 0.1) is 0 Å². The van der Waals surface area contributed by atoms with E-state index in [0.717, 1.165) is 0 Å². The minimum absolute atomic E-state index is 0.0334. The highest BCUT2D eigenvalue weighted by Gasteiger charge is 2.35. The van der Waals surface area contributed by atoms with Crippen molar-refractivity contribution in [1.82, 2.24) is 4.57 Å². The van der Waals surface area contributed by atoms with Gasteiger partial charge in [-0.2, -0.15) is 0 Å². The summed E-state index contributed by atoms with van der Waals surface area (Å²) in [4.78, 5) is 0. The standard InChI is InChI=1S/C31H23N/c1-31(2)26-12-6-3-11-25(26)30-22-17-16-21(19-20(22)15-18-27(30)31)32-28-13-7-4-9-23(28)24-10-5-8-14-29(24)32/h3-19H,1-2H3. The third-order valence-electron chi connectivity index (χ3n) is 7.38. The Kier molecular flexibility index (Phi) is 3.40. The van der Waals surface area contributed by atoms with Crippen molar-refractivity contribution in [2.75, 3.05) is 0 Å². The first kappa shape index (κ1) is 17.8. The van der Waals surface area contributed by atoms with Gasteiger partial charge in [-0.15, -0.1) is 0 Å². The summed E-state index contributed by atoms with van der Waals surface area (Å²) in [6.45, 7) is 4.69. The smallest absolute Gasteiger partial charge is 0.0541 e. The van der Waals surface area contributed by atoms with Crippen LogP contribution in [0.3, 0.4) is 0 Å². The normalized spacial score (nSPS) is 14.2. The van der Waals surface area contributed by atoms with Crippen LogP contribution in [0.1, 0.15) is 25.0 Å². The van der Waals surface area contributed by atoms with Gasteiger partial charge < -0.3 is 4.57 Å². The van der Waals surface area contributed by atoms with Crippen molar-refractivity contribution in [2.45, 2.75) is 19.3 Å². The van der Waals surface area contributed by atoms with Crippen LogP contribution in [-0.4, -0.2) is 4.57 Å². The maximum Gasteiger partial charge on any atom is 0.0541 e. The molecule has 1 aromatic heterocycles. The molecule has 152 valence electrons. The highest BCUT2D eigenvalue weighted by atomic mass is 15.0. The summed E-state index contributed by atoms with van der Waals surface area (Å²) in [5.41, 5.74) is 9.37. The summed E-state index contributed by atoms with van der Waals surface area (Å²) < 4.78 is 2.40. The fourth-order valence-corrected chi connectivity index (χ4v) is 5.86. The summed E-state index contributed by atoms with van der Waals surface area (Å²) in [5, 5.41) is 5.22. The van der Waals surface area contributed by atoms with E-state index >= 15 is 0 Å². The van der Waals surface area contributed by atoms with E-state index in [2.05, 4.69) is 122 Å². The van der Waals surface area contributed by atoms with Crippen molar-refractivity contribution in [3.8, 4) is 16.8 Å². The molecule has 1 nitrogen and oxygen atoms in total. The summed E-state index contributed by atoms with van der Waals surface area (Å²) >= 11 is 0. The Morgan fingerprint density at radius 3 is 1.97 bits per heavy atom. The number of rotatable bonds is 1. The fraction of sp³-hybridized carbons (Fsp3) is 0.0968. The topological polar surface area (TPSA) is 4.93 Å². The zero-order valence-electron chi connectivity index (χ0n) is 18.3. The second kappa shape index (κ2) is 6.11. The van der Waals surface area contributed by atoms with Crippen LogP contribution >= 0.6 is 0 Å². The third-order valence-corrected chi connectivity index (χ3v) is 7.38. The van der Waals surface area contributed by atoms with Crippen molar-refractivity contribution in [1.29, 1.82) is 0 Å². The van der Waals surface area contributed by atoms with Gasteiger partial charge >= 0.3 is 0 Å². The number of benzene rings is 5. The van der Waals surface area contributed by atoms with Crippen LogP contribution in [0.4, 0.5) is 0 Å². The molecule has 0 atom stereocenters. The van der Waals surface area contributed by atoms with Gasteiger partial charge in [-0.25, -0.2) is 0 Å². The first-order chi connectivity index (χ1) is 15.6. The molecule has 7 rings (SSSR count). The van der Waals surface area contributed by atoms with Crippen molar-refractivity contribution >= 4 is 32.6 Å². The SMILES string of the molecule is CC1(C)c2ccccc2-c2c1ccc1cc(-n3c4ccccc4c4ccccc43)ccc21. The fourth-order valence-electron chi connectivity index (χ4n) is 5.86. The van der Waals surface area contributed by atoms with Crippen molar-refractivity contribution in [3.63, 3.8) is 0 Å². The molecule has 0 saturated heterocycles. The minimum atomic E-state index is 0.0334. The lowest BCUT2D eigenvalue weighted by molar-refractivity contribution is 0.661. The average Bonchev–Trinajstić information content (AvgIpc) is 3.29.